The van der Waals surface area contributed by atoms with Crippen LogP contribution in [0.4, 0.5) is 0 Å². The van der Waals surface area contributed by atoms with Crippen molar-refractivity contribution in [2.24, 2.45) is 76.6 Å². The molecule has 2 heterocycles. The van der Waals surface area contributed by atoms with Gasteiger partial charge in [0, 0.05) is 25.4 Å². The zero-order valence-corrected chi connectivity index (χ0v) is 33.3. The van der Waals surface area contributed by atoms with E-state index in [1.807, 2.05) is 13.0 Å². The maximum Gasteiger partial charge on any atom is 0.309 e. The number of carboxylic acids is 1. The molecule has 1 aromatic carbocycles. The molecule has 1 aliphatic heterocycles. The number of carbonyl (C=O) groups is 3. The number of esters is 1. The maximum atomic E-state index is 15.2. The lowest BCUT2D eigenvalue weighted by Gasteiger charge is -2.67. The fourth-order valence-electron chi connectivity index (χ4n) is 15.1. The fourth-order valence-corrected chi connectivity index (χ4v) is 15.1. The van der Waals surface area contributed by atoms with E-state index in [1.54, 1.807) is 0 Å². The van der Waals surface area contributed by atoms with E-state index in [1.165, 1.54) is 44.9 Å². The number of benzene rings is 1. The summed E-state index contributed by atoms with van der Waals surface area (Å²) in [6.07, 6.45) is 17.0. The third-order valence-electron chi connectivity index (χ3n) is 17.9. The molecular weight excluding hydrogens is 675 g/mol. The summed E-state index contributed by atoms with van der Waals surface area (Å²) in [4.78, 5) is 47.4. The second-order valence-corrected chi connectivity index (χ2v) is 19.9. The molecule has 292 valence electrons. The number of aliphatic carboxylic acids is 1. The molecule has 14 unspecified atom stereocenters. The number of amides is 1. The summed E-state index contributed by atoms with van der Waals surface area (Å²) < 4.78 is 8.43. The summed E-state index contributed by atoms with van der Waals surface area (Å²) >= 11 is 0. The molecule has 7 fully saturated rings. The molecule has 1 saturated heterocycles. The molecule has 8 heteroatoms. The van der Waals surface area contributed by atoms with Gasteiger partial charge in [-0.15, -0.1) is 0 Å². The Morgan fingerprint density at radius 2 is 1.56 bits per heavy atom. The van der Waals surface area contributed by atoms with Crippen molar-refractivity contribution in [2.45, 2.75) is 130 Å². The number of ether oxygens (including phenoxy) is 1. The molecule has 1 N–H and O–H groups in total. The summed E-state index contributed by atoms with van der Waals surface area (Å²) in [5.74, 6) is 2.91. The van der Waals surface area contributed by atoms with Crippen LogP contribution in [0.3, 0.4) is 0 Å². The first-order chi connectivity index (χ1) is 25.9. The van der Waals surface area contributed by atoms with E-state index in [4.69, 9.17) is 9.72 Å². The Balaban J connectivity index is 0.903. The molecule has 14 atom stereocenters. The first-order valence-electron chi connectivity index (χ1n) is 21.7. The van der Waals surface area contributed by atoms with Crippen LogP contribution in [0.1, 0.15) is 129 Å². The number of carboxylic acid groups (broad SMARTS) is 1. The van der Waals surface area contributed by atoms with E-state index in [0.717, 1.165) is 62.2 Å². The van der Waals surface area contributed by atoms with Gasteiger partial charge in [-0.2, -0.15) is 0 Å². The molecule has 8 nitrogen and oxygen atoms in total. The lowest BCUT2D eigenvalue weighted by molar-refractivity contribution is -0.206. The molecule has 6 saturated carbocycles. The van der Waals surface area contributed by atoms with Crippen molar-refractivity contribution in [1.82, 2.24) is 14.5 Å². The Kier molecular flexibility index (Phi) is 8.93. The molecule has 6 aliphatic carbocycles. The van der Waals surface area contributed by atoms with Gasteiger partial charge < -0.3 is 19.3 Å². The normalized spacial score (nSPS) is 43.9. The van der Waals surface area contributed by atoms with Gasteiger partial charge in [0.1, 0.15) is 11.9 Å². The van der Waals surface area contributed by atoms with Gasteiger partial charge in [-0.25, -0.2) is 4.98 Å². The SMILES string of the molecule is CC1C(C(=O)O)CC1C(=O)OC1CCC2(C)C(CCC3(C)C4CCC5(C(=O)N6CCCC6c6nc(-c7ccccc7)cn6C)CCCC5C4CCC23)C1C. The second kappa shape index (κ2) is 13.2. The number of aryl methyl sites for hydroxylation is 1. The van der Waals surface area contributed by atoms with Gasteiger partial charge in [0.25, 0.3) is 0 Å². The molecular formula is C46H63N3O5. The highest BCUT2D eigenvalue weighted by atomic mass is 16.5. The average molecular weight is 738 g/mol. The molecule has 0 bridgehead atoms. The van der Waals surface area contributed by atoms with Crippen LogP contribution in [0.15, 0.2) is 36.5 Å². The van der Waals surface area contributed by atoms with Gasteiger partial charge in [0.05, 0.1) is 29.0 Å². The summed E-state index contributed by atoms with van der Waals surface area (Å²) in [6.45, 7) is 10.3. The Bertz CT molecular complexity index is 1790. The number of hydrogen-bond acceptors (Lipinski definition) is 5. The van der Waals surface area contributed by atoms with Crippen molar-refractivity contribution in [3.8, 4) is 11.3 Å². The van der Waals surface area contributed by atoms with Crippen molar-refractivity contribution in [3.63, 3.8) is 0 Å². The lowest BCUT2D eigenvalue weighted by Crippen LogP contribution is -2.62. The smallest absolute Gasteiger partial charge is 0.309 e. The predicted octanol–water partition coefficient (Wildman–Crippen LogP) is 9.09. The first-order valence-corrected chi connectivity index (χ1v) is 21.7. The van der Waals surface area contributed by atoms with Crippen LogP contribution in [0.5, 0.6) is 0 Å². The highest BCUT2D eigenvalue weighted by Gasteiger charge is 2.66. The average Bonchev–Trinajstić information content (AvgIpc) is 3.91. The number of aromatic nitrogens is 2. The van der Waals surface area contributed by atoms with Crippen LogP contribution in [-0.2, 0) is 26.2 Å². The third kappa shape index (κ3) is 5.33. The van der Waals surface area contributed by atoms with Crippen LogP contribution in [0.2, 0.25) is 0 Å². The molecule has 0 radical (unpaired) electrons. The van der Waals surface area contributed by atoms with E-state index >= 15 is 4.79 Å². The standard InChI is InChI=1S/C46H63N3O5/c1-27-31(41(50)51)25-32(27)42(52)54-38-19-22-44(3)33(28(38)2)17-21-45(4)34-18-23-46(20-9-13-35(46)30(34)15-16-39(44)45)43(53)49-24-10-14-37(49)40-47-36(26-48(40)5)29-11-7-6-8-12-29/h6-8,11-12,26-28,30-35,37-39H,9-10,13-25H2,1-5H3,(H,50,51). The minimum atomic E-state index is -0.796. The van der Waals surface area contributed by atoms with E-state index in [0.29, 0.717) is 47.8 Å². The third-order valence-corrected chi connectivity index (χ3v) is 17.9. The van der Waals surface area contributed by atoms with Crippen molar-refractivity contribution in [2.75, 3.05) is 6.54 Å². The number of nitrogens with zero attached hydrogens (tertiary/aromatic N) is 3. The summed E-state index contributed by atoms with van der Waals surface area (Å²) in [5.41, 5.74) is 2.39. The summed E-state index contributed by atoms with van der Waals surface area (Å²) in [6, 6.07) is 10.4. The van der Waals surface area contributed by atoms with E-state index in [-0.39, 0.29) is 46.2 Å². The van der Waals surface area contributed by atoms with Crippen LogP contribution in [0.25, 0.3) is 11.3 Å². The Hall–Kier alpha value is -3.16. The molecule has 54 heavy (non-hydrogen) atoms. The highest BCUT2D eigenvalue weighted by Crippen LogP contribution is 2.72. The van der Waals surface area contributed by atoms with E-state index < -0.39 is 11.9 Å². The predicted molar refractivity (Wildman–Crippen MR) is 207 cm³/mol. The van der Waals surface area contributed by atoms with Crippen LogP contribution in [0, 0.1) is 69.5 Å². The number of carbonyl (C=O) groups excluding carboxylic acids is 2. The number of rotatable bonds is 6. The van der Waals surface area contributed by atoms with E-state index in [9.17, 15) is 14.7 Å². The summed E-state index contributed by atoms with van der Waals surface area (Å²) in [7, 11) is 2.10. The van der Waals surface area contributed by atoms with Gasteiger partial charge in [0.2, 0.25) is 5.91 Å². The lowest BCUT2D eigenvalue weighted by atomic mass is 9.37. The Labute approximate surface area is 322 Å². The minimum absolute atomic E-state index is 0.0481. The van der Waals surface area contributed by atoms with Gasteiger partial charge in [-0.1, -0.05) is 64.4 Å². The minimum Gasteiger partial charge on any atom is -0.481 e. The number of likely N-dealkylation sites (tertiary alicyclic amines) is 1. The Morgan fingerprint density at radius 1 is 0.815 bits per heavy atom. The second-order valence-electron chi connectivity index (χ2n) is 19.9. The Morgan fingerprint density at radius 3 is 2.31 bits per heavy atom. The van der Waals surface area contributed by atoms with Crippen molar-refractivity contribution >= 4 is 17.8 Å². The molecule has 9 rings (SSSR count). The zero-order valence-electron chi connectivity index (χ0n) is 33.3. The van der Waals surface area contributed by atoms with Gasteiger partial charge >= 0.3 is 11.9 Å². The van der Waals surface area contributed by atoms with Gasteiger partial charge in [-0.3, -0.25) is 14.4 Å². The number of hydrogen-bond donors (Lipinski definition) is 1. The fraction of sp³-hybridized carbons (Fsp3) is 0.739. The monoisotopic (exact) mass is 737 g/mol. The zero-order chi connectivity index (χ0) is 37.7. The van der Waals surface area contributed by atoms with Crippen molar-refractivity contribution < 1.29 is 24.2 Å². The quantitative estimate of drug-likeness (QED) is 0.297. The van der Waals surface area contributed by atoms with Crippen LogP contribution < -0.4 is 0 Å². The van der Waals surface area contributed by atoms with Crippen LogP contribution >= 0.6 is 0 Å². The van der Waals surface area contributed by atoms with Crippen LogP contribution in [-0.4, -0.2) is 50.1 Å². The van der Waals surface area contributed by atoms with Gasteiger partial charge in [-0.05, 0) is 136 Å². The van der Waals surface area contributed by atoms with E-state index in [2.05, 4.69) is 67.7 Å². The number of fused-ring (bicyclic) bond motifs is 7. The molecule has 1 aromatic heterocycles. The summed E-state index contributed by atoms with van der Waals surface area (Å²) in [5, 5.41) is 9.46. The molecule has 2 aromatic rings. The van der Waals surface area contributed by atoms with Crippen molar-refractivity contribution in [1.29, 1.82) is 0 Å². The molecule has 0 spiro atoms. The first kappa shape index (κ1) is 36.5. The molecule has 7 aliphatic rings. The topological polar surface area (TPSA) is 102 Å². The molecule has 1 amide bonds. The highest BCUT2D eigenvalue weighted by molar-refractivity contribution is 5.84. The van der Waals surface area contributed by atoms with Crippen molar-refractivity contribution in [3.05, 3.63) is 42.4 Å². The maximum absolute atomic E-state index is 15.2. The van der Waals surface area contributed by atoms with Gasteiger partial charge in [0.15, 0.2) is 0 Å². The largest absolute Gasteiger partial charge is 0.481 e. The number of imidazole rings is 1.